The molecule has 37 heavy (non-hydrogen) atoms. The number of amides is 1. The number of benzene rings is 1. The number of rotatable bonds is 17. The summed E-state index contributed by atoms with van der Waals surface area (Å²) in [4.78, 5) is 19.4. The molecule has 0 radical (unpaired) electrons. The van der Waals surface area contributed by atoms with Crippen LogP contribution < -0.4 is 4.74 Å². The molecule has 206 valence electrons. The number of nitrogens with zero attached hydrogens (tertiary/aromatic N) is 2. The Hall–Kier alpha value is -1.85. The van der Waals surface area contributed by atoms with Crippen molar-refractivity contribution in [2.45, 2.75) is 110 Å². The van der Waals surface area contributed by atoms with Crippen LogP contribution in [0.25, 0.3) is 0 Å². The van der Waals surface area contributed by atoms with Crippen molar-refractivity contribution in [2.75, 3.05) is 26.2 Å². The van der Waals surface area contributed by atoms with Crippen LogP contribution in [0.3, 0.4) is 0 Å². The van der Waals surface area contributed by atoms with Crippen molar-refractivity contribution in [2.24, 2.45) is 0 Å². The lowest BCUT2D eigenvalue weighted by molar-refractivity contribution is 0.148. The molecule has 3 rings (SSSR count). The Bertz CT molecular complexity index is 886. The molecular weight excluding hydrogens is 476 g/mol. The van der Waals surface area contributed by atoms with Crippen molar-refractivity contribution in [3.8, 4) is 5.75 Å². The third kappa shape index (κ3) is 9.76. The van der Waals surface area contributed by atoms with Gasteiger partial charge in [-0.25, -0.2) is 4.79 Å². The molecule has 1 aliphatic carbocycles. The quantitative estimate of drug-likeness (QED) is 0.194. The van der Waals surface area contributed by atoms with Gasteiger partial charge in [0, 0.05) is 30.6 Å². The number of unbranched alkanes of at least 4 members (excludes halogenated alkanes) is 6. The van der Waals surface area contributed by atoms with Crippen LogP contribution >= 0.6 is 11.3 Å². The maximum absolute atomic E-state index is 13.3. The van der Waals surface area contributed by atoms with Crippen molar-refractivity contribution in [1.29, 1.82) is 0 Å². The Morgan fingerprint density at radius 3 is 2.30 bits per heavy atom. The maximum atomic E-state index is 13.3. The lowest BCUT2D eigenvalue weighted by atomic mass is 9.86. The van der Waals surface area contributed by atoms with Crippen LogP contribution in [-0.2, 0) is 19.3 Å². The molecule has 1 heterocycles. The fourth-order valence-corrected chi connectivity index (χ4v) is 6.24. The maximum Gasteiger partial charge on any atom is 0.415 e. The summed E-state index contributed by atoms with van der Waals surface area (Å²) in [5, 5.41) is 2.18. The lowest BCUT2D eigenvalue weighted by Crippen LogP contribution is -2.41. The summed E-state index contributed by atoms with van der Waals surface area (Å²) < 4.78 is 6.10. The van der Waals surface area contributed by atoms with E-state index in [0.717, 1.165) is 70.5 Å². The van der Waals surface area contributed by atoms with Crippen LogP contribution in [0.5, 0.6) is 5.75 Å². The van der Waals surface area contributed by atoms with Gasteiger partial charge in [-0.2, -0.15) is 0 Å². The zero-order valence-corrected chi connectivity index (χ0v) is 24.5. The fraction of sp³-hybridized carbons (Fsp3) is 0.656. The van der Waals surface area contributed by atoms with Gasteiger partial charge in [-0.15, -0.1) is 11.3 Å². The van der Waals surface area contributed by atoms with Gasteiger partial charge >= 0.3 is 6.09 Å². The molecule has 1 aliphatic rings. The zero-order chi connectivity index (χ0) is 26.3. The molecule has 1 aromatic carbocycles. The van der Waals surface area contributed by atoms with Crippen LogP contribution in [0.15, 0.2) is 35.7 Å². The predicted molar refractivity (Wildman–Crippen MR) is 158 cm³/mol. The molecule has 4 nitrogen and oxygen atoms in total. The first kappa shape index (κ1) is 29.7. The standard InChI is InChI=1S/C32H50N2O2S/c1-4-7-9-11-22-34(23-12-10-8-5-2)32(35)36-31-17-13-15-27-26-28(18-19-30(27)31)33(21-6-3)24-20-29-16-14-25-37-29/h13-17,25,28H,4-12,18-24,26H2,1-3H3. The van der Waals surface area contributed by atoms with E-state index in [1.54, 1.807) is 0 Å². The molecule has 0 N–H and O–H groups in total. The number of hydrogen-bond donors (Lipinski definition) is 0. The van der Waals surface area contributed by atoms with Gasteiger partial charge in [0.05, 0.1) is 0 Å². The summed E-state index contributed by atoms with van der Waals surface area (Å²) in [6.45, 7) is 10.6. The Morgan fingerprint density at radius 1 is 0.892 bits per heavy atom. The van der Waals surface area contributed by atoms with Gasteiger partial charge in [0.1, 0.15) is 5.75 Å². The van der Waals surface area contributed by atoms with E-state index < -0.39 is 0 Å². The third-order valence-electron chi connectivity index (χ3n) is 7.68. The van der Waals surface area contributed by atoms with E-state index in [-0.39, 0.29) is 6.09 Å². The predicted octanol–water partition coefficient (Wildman–Crippen LogP) is 8.52. The number of carbonyl (C=O) groups is 1. The zero-order valence-electron chi connectivity index (χ0n) is 23.7. The Balaban J connectivity index is 1.62. The number of ether oxygens (including phenoxy) is 1. The van der Waals surface area contributed by atoms with Crippen LogP contribution in [0.1, 0.15) is 101 Å². The van der Waals surface area contributed by atoms with Gasteiger partial charge in [-0.1, -0.05) is 77.5 Å². The molecule has 0 saturated heterocycles. The molecule has 2 aromatic rings. The molecule has 0 fully saturated rings. The molecule has 0 bridgehead atoms. The van der Waals surface area contributed by atoms with E-state index in [1.807, 2.05) is 22.3 Å². The first-order chi connectivity index (χ1) is 18.2. The summed E-state index contributed by atoms with van der Waals surface area (Å²) in [5.41, 5.74) is 2.61. The largest absolute Gasteiger partial charge is 0.415 e. The van der Waals surface area contributed by atoms with E-state index in [2.05, 4.69) is 55.3 Å². The minimum atomic E-state index is -0.160. The fourth-order valence-electron chi connectivity index (χ4n) is 5.54. The Labute approximate surface area is 230 Å². The number of thiophene rings is 1. The van der Waals surface area contributed by atoms with Crippen molar-refractivity contribution in [3.05, 3.63) is 51.7 Å². The second-order valence-corrected chi connectivity index (χ2v) is 11.7. The van der Waals surface area contributed by atoms with Gasteiger partial charge in [-0.3, -0.25) is 4.90 Å². The number of fused-ring (bicyclic) bond motifs is 1. The first-order valence-corrected chi connectivity index (χ1v) is 15.9. The smallest absolute Gasteiger partial charge is 0.410 e. The summed E-state index contributed by atoms with van der Waals surface area (Å²) >= 11 is 1.86. The molecule has 0 aliphatic heterocycles. The monoisotopic (exact) mass is 526 g/mol. The van der Waals surface area contributed by atoms with E-state index >= 15 is 0 Å². The highest BCUT2D eigenvalue weighted by Crippen LogP contribution is 2.32. The van der Waals surface area contributed by atoms with Gasteiger partial charge in [0.15, 0.2) is 0 Å². The molecule has 1 atom stereocenters. The minimum absolute atomic E-state index is 0.160. The average molecular weight is 527 g/mol. The van der Waals surface area contributed by atoms with Gasteiger partial charge < -0.3 is 9.64 Å². The number of hydrogen-bond acceptors (Lipinski definition) is 4. The summed E-state index contributed by atoms with van der Waals surface area (Å²) in [6, 6.07) is 11.3. The Morgan fingerprint density at radius 2 is 1.65 bits per heavy atom. The second kappa shape index (κ2) is 16.9. The molecule has 5 heteroatoms. The van der Waals surface area contributed by atoms with Gasteiger partial charge in [0.25, 0.3) is 0 Å². The third-order valence-corrected chi connectivity index (χ3v) is 8.62. The van der Waals surface area contributed by atoms with E-state index in [4.69, 9.17) is 4.74 Å². The van der Waals surface area contributed by atoms with E-state index in [0.29, 0.717) is 6.04 Å². The second-order valence-electron chi connectivity index (χ2n) is 10.6. The topological polar surface area (TPSA) is 32.8 Å². The highest BCUT2D eigenvalue weighted by Gasteiger charge is 2.27. The summed E-state index contributed by atoms with van der Waals surface area (Å²) in [5.74, 6) is 0.786. The minimum Gasteiger partial charge on any atom is -0.410 e. The van der Waals surface area contributed by atoms with Crippen molar-refractivity contribution >= 4 is 17.4 Å². The van der Waals surface area contributed by atoms with Crippen molar-refractivity contribution in [1.82, 2.24) is 9.80 Å². The van der Waals surface area contributed by atoms with Gasteiger partial charge in [-0.05, 0) is 80.1 Å². The molecule has 1 unspecified atom stereocenters. The van der Waals surface area contributed by atoms with Crippen LogP contribution in [-0.4, -0.2) is 48.1 Å². The molecule has 1 aromatic heterocycles. The highest BCUT2D eigenvalue weighted by atomic mass is 32.1. The highest BCUT2D eigenvalue weighted by molar-refractivity contribution is 7.09. The van der Waals surface area contributed by atoms with Crippen molar-refractivity contribution in [3.63, 3.8) is 0 Å². The van der Waals surface area contributed by atoms with E-state index in [1.165, 1.54) is 60.9 Å². The van der Waals surface area contributed by atoms with Crippen LogP contribution in [0.2, 0.25) is 0 Å². The van der Waals surface area contributed by atoms with Crippen LogP contribution in [0.4, 0.5) is 4.79 Å². The molecular formula is C32H50N2O2S. The first-order valence-electron chi connectivity index (χ1n) is 15.0. The molecule has 1 amide bonds. The van der Waals surface area contributed by atoms with Gasteiger partial charge in [0.2, 0.25) is 0 Å². The SMILES string of the molecule is CCCCCCN(CCCCCC)C(=O)Oc1cccc2c1CCC(N(CCC)CCc1cccs1)C2. The summed E-state index contributed by atoms with van der Waals surface area (Å²) in [7, 11) is 0. The van der Waals surface area contributed by atoms with E-state index in [9.17, 15) is 4.79 Å². The lowest BCUT2D eigenvalue weighted by Gasteiger charge is -2.35. The average Bonchev–Trinajstić information content (AvgIpc) is 3.43. The van der Waals surface area contributed by atoms with Crippen LogP contribution in [0, 0.1) is 0 Å². The normalized spacial score (nSPS) is 15.1. The van der Waals surface area contributed by atoms with Crippen molar-refractivity contribution < 1.29 is 9.53 Å². The summed E-state index contributed by atoms with van der Waals surface area (Å²) in [6.07, 6.45) is 14.7. The molecule has 0 saturated carbocycles. The molecule has 0 spiro atoms. The number of carbonyl (C=O) groups excluding carboxylic acids is 1. The Kier molecular flexibility index (Phi) is 13.6.